The minimum atomic E-state index is 0.473. The number of benzene rings is 1. The lowest BCUT2D eigenvalue weighted by molar-refractivity contribution is 0.996. The van der Waals surface area contributed by atoms with Crippen LogP contribution in [0.1, 0.15) is 12.0 Å². The van der Waals surface area contributed by atoms with Gasteiger partial charge in [0, 0.05) is 21.0 Å². The van der Waals surface area contributed by atoms with Crippen LogP contribution in [0.4, 0.5) is 0 Å². The van der Waals surface area contributed by atoms with E-state index >= 15 is 0 Å². The standard InChI is InChI=1S/C10H9BrClN3/c11-9-5-4-8(10(12)7-9)3-1-2-6-14-15-13/h1,3-5,7H,2,6H2. The Kier molecular flexibility index (Phi) is 5.26. The molecule has 0 N–H and O–H groups in total. The number of rotatable bonds is 4. The summed E-state index contributed by atoms with van der Waals surface area (Å²) in [7, 11) is 0. The maximum atomic E-state index is 8.07. The van der Waals surface area contributed by atoms with Crippen molar-refractivity contribution in [2.45, 2.75) is 6.42 Å². The van der Waals surface area contributed by atoms with Crippen molar-refractivity contribution in [2.75, 3.05) is 6.54 Å². The summed E-state index contributed by atoms with van der Waals surface area (Å²) in [5.41, 5.74) is 9.02. The van der Waals surface area contributed by atoms with E-state index in [1.165, 1.54) is 0 Å². The van der Waals surface area contributed by atoms with Crippen LogP contribution in [-0.2, 0) is 0 Å². The van der Waals surface area contributed by atoms with Crippen LogP contribution in [0.15, 0.2) is 33.9 Å². The summed E-state index contributed by atoms with van der Waals surface area (Å²) in [6.45, 7) is 0.473. The van der Waals surface area contributed by atoms with Gasteiger partial charge in [-0.05, 0) is 29.6 Å². The third-order valence-corrected chi connectivity index (χ3v) is 2.54. The largest absolute Gasteiger partial charge is 0.0937 e. The number of hydrogen-bond donors (Lipinski definition) is 0. The molecule has 0 saturated carbocycles. The Bertz CT molecular complexity index is 411. The second-order valence-corrected chi connectivity index (χ2v) is 4.13. The summed E-state index contributed by atoms with van der Waals surface area (Å²) in [6, 6.07) is 5.70. The van der Waals surface area contributed by atoms with Gasteiger partial charge in [0.05, 0.1) is 0 Å². The second-order valence-electron chi connectivity index (χ2n) is 2.81. The van der Waals surface area contributed by atoms with Gasteiger partial charge >= 0.3 is 0 Å². The molecule has 0 radical (unpaired) electrons. The van der Waals surface area contributed by atoms with Gasteiger partial charge in [0.15, 0.2) is 0 Å². The molecule has 0 amide bonds. The lowest BCUT2D eigenvalue weighted by Crippen LogP contribution is -1.76. The van der Waals surface area contributed by atoms with Gasteiger partial charge in [-0.1, -0.05) is 50.9 Å². The van der Waals surface area contributed by atoms with Crippen LogP contribution in [0.25, 0.3) is 16.5 Å². The molecule has 0 saturated heterocycles. The molecule has 0 fully saturated rings. The SMILES string of the molecule is [N-]=[N+]=NCCC=Cc1ccc(Br)cc1Cl. The number of hydrogen-bond acceptors (Lipinski definition) is 1. The fraction of sp³-hybridized carbons (Fsp3) is 0.200. The molecule has 1 aromatic rings. The second kappa shape index (κ2) is 6.51. The quantitative estimate of drug-likeness (QED) is 0.330. The minimum absolute atomic E-state index is 0.473. The minimum Gasteiger partial charge on any atom is -0.0937 e. The van der Waals surface area contributed by atoms with Crippen LogP contribution < -0.4 is 0 Å². The molecule has 0 unspecified atom stereocenters. The van der Waals surface area contributed by atoms with Crippen LogP contribution >= 0.6 is 27.5 Å². The molecule has 0 bridgehead atoms. The van der Waals surface area contributed by atoms with Crippen molar-refractivity contribution in [3.8, 4) is 0 Å². The first-order chi connectivity index (χ1) is 7.24. The lowest BCUT2D eigenvalue weighted by Gasteiger charge is -1.98. The first-order valence-corrected chi connectivity index (χ1v) is 5.53. The van der Waals surface area contributed by atoms with E-state index in [1.807, 2.05) is 30.4 Å². The van der Waals surface area contributed by atoms with Gasteiger partial charge in [0.1, 0.15) is 0 Å². The summed E-state index contributed by atoms with van der Waals surface area (Å²) in [4.78, 5) is 2.67. The molecular weight excluding hydrogens is 277 g/mol. The maximum Gasteiger partial charge on any atom is 0.0489 e. The monoisotopic (exact) mass is 285 g/mol. The molecule has 0 aliphatic carbocycles. The van der Waals surface area contributed by atoms with Crippen molar-refractivity contribution >= 4 is 33.6 Å². The molecule has 1 aromatic carbocycles. The predicted octanol–water partition coefficient (Wildman–Crippen LogP) is 4.82. The topological polar surface area (TPSA) is 48.8 Å². The zero-order chi connectivity index (χ0) is 11.1. The maximum absolute atomic E-state index is 8.07. The molecule has 15 heavy (non-hydrogen) atoms. The average Bonchev–Trinajstić information content (AvgIpc) is 2.20. The van der Waals surface area contributed by atoms with Crippen molar-refractivity contribution < 1.29 is 0 Å². The van der Waals surface area contributed by atoms with E-state index in [1.54, 1.807) is 0 Å². The zero-order valence-electron chi connectivity index (χ0n) is 7.90. The normalized spacial score (nSPS) is 10.3. The number of halogens is 2. The van der Waals surface area contributed by atoms with Crippen LogP contribution in [-0.4, -0.2) is 6.54 Å². The van der Waals surface area contributed by atoms with Crippen molar-refractivity contribution in [1.29, 1.82) is 0 Å². The third kappa shape index (κ3) is 4.38. The molecule has 78 valence electrons. The highest BCUT2D eigenvalue weighted by Crippen LogP contribution is 2.22. The molecule has 0 spiro atoms. The van der Waals surface area contributed by atoms with Gasteiger partial charge in [0.2, 0.25) is 0 Å². The summed E-state index contributed by atoms with van der Waals surface area (Å²) in [6.07, 6.45) is 4.57. The molecule has 0 aromatic heterocycles. The van der Waals surface area contributed by atoms with E-state index in [0.717, 1.165) is 16.5 Å². The van der Waals surface area contributed by atoms with Gasteiger partial charge < -0.3 is 0 Å². The van der Waals surface area contributed by atoms with Gasteiger partial charge in [-0.2, -0.15) is 0 Å². The van der Waals surface area contributed by atoms with Crippen molar-refractivity contribution in [1.82, 2.24) is 0 Å². The summed E-state index contributed by atoms with van der Waals surface area (Å²) < 4.78 is 0.957. The van der Waals surface area contributed by atoms with Crippen molar-refractivity contribution in [3.63, 3.8) is 0 Å². The van der Waals surface area contributed by atoms with Crippen molar-refractivity contribution in [2.24, 2.45) is 5.11 Å². The Morgan fingerprint density at radius 3 is 3.00 bits per heavy atom. The highest BCUT2D eigenvalue weighted by Gasteiger charge is 1.96. The summed E-state index contributed by atoms with van der Waals surface area (Å²) >= 11 is 9.34. The van der Waals surface area contributed by atoms with E-state index < -0.39 is 0 Å². The fourth-order valence-electron chi connectivity index (χ4n) is 1.02. The van der Waals surface area contributed by atoms with Gasteiger partial charge in [-0.3, -0.25) is 0 Å². The fourth-order valence-corrected chi connectivity index (χ4v) is 1.76. The van der Waals surface area contributed by atoms with Gasteiger partial charge in [0.25, 0.3) is 0 Å². The third-order valence-electron chi connectivity index (χ3n) is 1.72. The molecule has 5 heteroatoms. The summed E-state index contributed by atoms with van der Waals surface area (Å²) in [5, 5.41) is 4.13. The smallest absolute Gasteiger partial charge is 0.0489 e. The van der Waals surface area contributed by atoms with E-state index in [2.05, 4.69) is 26.0 Å². The molecule has 0 atom stereocenters. The molecule has 0 heterocycles. The first kappa shape index (κ1) is 12.1. The van der Waals surface area contributed by atoms with E-state index in [0.29, 0.717) is 11.6 Å². The molecule has 3 nitrogen and oxygen atoms in total. The Morgan fingerprint density at radius 2 is 2.33 bits per heavy atom. The summed E-state index contributed by atoms with van der Waals surface area (Å²) in [5.74, 6) is 0. The highest BCUT2D eigenvalue weighted by molar-refractivity contribution is 9.10. The first-order valence-electron chi connectivity index (χ1n) is 4.36. The predicted molar refractivity (Wildman–Crippen MR) is 66.8 cm³/mol. The zero-order valence-corrected chi connectivity index (χ0v) is 10.2. The molecule has 0 aliphatic heterocycles. The Hall–Kier alpha value is -0.960. The molecular formula is C10H9BrClN3. The van der Waals surface area contributed by atoms with Gasteiger partial charge in [-0.15, -0.1) is 0 Å². The van der Waals surface area contributed by atoms with E-state index in [4.69, 9.17) is 17.1 Å². The lowest BCUT2D eigenvalue weighted by atomic mass is 10.2. The van der Waals surface area contributed by atoms with Gasteiger partial charge in [-0.25, -0.2) is 0 Å². The Morgan fingerprint density at radius 1 is 1.53 bits per heavy atom. The van der Waals surface area contributed by atoms with Crippen LogP contribution in [0.3, 0.4) is 0 Å². The molecule has 1 rings (SSSR count). The highest BCUT2D eigenvalue weighted by atomic mass is 79.9. The Labute approximate surface area is 102 Å². The number of azide groups is 1. The van der Waals surface area contributed by atoms with E-state index in [-0.39, 0.29) is 0 Å². The van der Waals surface area contributed by atoms with Crippen LogP contribution in [0, 0.1) is 0 Å². The number of nitrogens with zero attached hydrogens (tertiary/aromatic N) is 3. The molecule has 0 aliphatic rings. The van der Waals surface area contributed by atoms with Crippen LogP contribution in [0.5, 0.6) is 0 Å². The van der Waals surface area contributed by atoms with Crippen LogP contribution in [0.2, 0.25) is 5.02 Å². The Balaban J connectivity index is 2.60. The average molecular weight is 287 g/mol. The van der Waals surface area contributed by atoms with Crippen molar-refractivity contribution in [3.05, 3.63) is 49.8 Å². The van der Waals surface area contributed by atoms with E-state index in [9.17, 15) is 0 Å².